The minimum absolute atomic E-state index is 0.0791. The van der Waals surface area contributed by atoms with Gasteiger partial charge in [-0.3, -0.25) is 5.10 Å². The van der Waals surface area contributed by atoms with E-state index < -0.39 is 17.5 Å². The average molecular weight is 281 g/mol. The molecule has 3 nitrogen and oxygen atoms in total. The van der Waals surface area contributed by atoms with Crippen LogP contribution in [0.4, 0.5) is 13.2 Å². The molecule has 0 unspecified atom stereocenters. The summed E-state index contributed by atoms with van der Waals surface area (Å²) in [6.45, 7) is 0. The van der Waals surface area contributed by atoms with Crippen molar-refractivity contribution >= 4 is 11.3 Å². The number of benzene rings is 1. The second-order valence-corrected chi connectivity index (χ2v) is 4.69. The number of nitrogens with zero attached hydrogens (tertiary/aromatic N) is 2. The number of halogens is 3. The van der Waals surface area contributed by atoms with E-state index in [-0.39, 0.29) is 11.4 Å². The van der Waals surface area contributed by atoms with Crippen LogP contribution in [0.5, 0.6) is 0 Å². The van der Waals surface area contributed by atoms with Crippen LogP contribution in [0.1, 0.15) is 0 Å². The molecule has 0 aliphatic heterocycles. The van der Waals surface area contributed by atoms with Gasteiger partial charge in [-0.15, -0.1) is 11.3 Å². The quantitative estimate of drug-likeness (QED) is 0.729. The molecule has 2 heterocycles. The van der Waals surface area contributed by atoms with Gasteiger partial charge in [0.05, 0.1) is 4.88 Å². The Labute approximate surface area is 109 Å². The third-order valence-corrected chi connectivity index (χ3v) is 3.36. The van der Waals surface area contributed by atoms with Crippen LogP contribution in [-0.2, 0) is 0 Å². The third-order valence-electron chi connectivity index (χ3n) is 2.48. The van der Waals surface area contributed by atoms with Gasteiger partial charge in [-0.2, -0.15) is 5.10 Å². The normalized spacial score (nSPS) is 10.9. The fourth-order valence-electron chi connectivity index (χ4n) is 1.60. The molecule has 2 aromatic heterocycles. The minimum atomic E-state index is -1.50. The molecule has 0 aliphatic rings. The molecule has 0 atom stereocenters. The SMILES string of the molecule is Fc1cc(-c2n[nH]c(-c3cccs3)n2)cc(F)c1F. The maximum absolute atomic E-state index is 13.1. The van der Waals surface area contributed by atoms with E-state index in [0.717, 1.165) is 17.0 Å². The summed E-state index contributed by atoms with van der Waals surface area (Å²) in [6, 6.07) is 5.40. The van der Waals surface area contributed by atoms with Crippen molar-refractivity contribution in [3.63, 3.8) is 0 Å². The maximum Gasteiger partial charge on any atom is 0.194 e. The summed E-state index contributed by atoms with van der Waals surface area (Å²) in [5.41, 5.74) is 0.0791. The number of aromatic amines is 1. The molecular weight excluding hydrogens is 275 g/mol. The second-order valence-electron chi connectivity index (χ2n) is 3.74. The molecule has 0 bridgehead atoms. The molecule has 19 heavy (non-hydrogen) atoms. The van der Waals surface area contributed by atoms with Gasteiger partial charge < -0.3 is 0 Å². The van der Waals surface area contributed by atoms with Gasteiger partial charge in [0.25, 0.3) is 0 Å². The summed E-state index contributed by atoms with van der Waals surface area (Å²) in [5, 5.41) is 8.41. The molecule has 0 spiro atoms. The number of hydrogen-bond acceptors (Lipinski definition) is 3. The van der Waals surface area contributed by atoms with Gasteiger partial charge in [0.15, 0.2) is 29.1 Å². The maximum atomic E-state index is 13.1. The predicted molar refractivity (Wildman–Crippen MR) is 65.0 cm³/mol. The Kier molecular flexibility index (Phi) is 2.83. The first kappa shape index (κ1) is 11.9. The molecular formula is C12H6F3N3S. The highest BCUT2D eigenvalue weighted by atomic mass is 32.1. The zero-order valence-electron chi connectivity index (χ0n) is 9.32. The van der Waals surface area contributed by atoms with Gasteiger partial charge in [-0.05, 0) is 23.6 Å². The van der Waals surface area contributed by atoms with Crippen molar-refractivity contribution in [2.45, 2.75) is 0 Å². The predicted octanol–water partition coefficient (Wildman–Crippen LogP) is 3.62. The number of rotatable bonds is 2. The Morgan fingerprint density at radius 3 is 2.47 bits per heavy atom. The smallest absolute Gasteiger partial charge is 0.194 e. The molecule has 7 heteroatoms. The van der Waals surface area contributed by atoms with E-state index in [1.165, 1.54) is 11.3 Å². The van der Waals surface area contributed by atoms with Crippen LogP contribution in [0.2, 0.25) is 0 Å². The lowest BCUT2D eigenvalue weighted by Crippen LogP contribution is -1.92. The van der Waals surface area contributed by atoms with E-state index in [4.69, 9.17) is 0 Å². The first-order valence-electron chi connectivity index (χ1n) is 5.26. The zero-order chi connectivity index (χ0) is 13.4. The summed E-state index contributed by atoms with van der Waals surface area (Å²) in [4.78, 5) is 4.97. The Morgan fingerprint density at radius 2 is 1.84 bits per heavy atom. The number of thiophene rings is 1. The Hall–Kier alpha value is -2.15. The molecule has 0 saturated carbocycles. The highest BCUT2D eigenvalue weighted by molar-refractivity contribution is 7.13. The number of nitrogens with one attached hydrogen (secondary N) is 1. The Morgan fingerprint density at radius 1 is 1.11 bits per heavy atom. The van der Waals surface area contributed by atoms with E-state index in [1.807, 2.05) is 17.5 Å². The van der Waals surface area contributed by atoms with Gasteiger partial charge in [0, 0.05) is 5.56 Å². The summed E-state index contributed by atoms with van der Waals surface area (Å²) in [5.74, 6) is -3.43. The summed E-state index contributed by atoms with van der Waals surface area (Å²) >= 11 is 1.45. The monoisotopic (exact) mass is 281 g/mol. The highest BCUT2D eigenvalue weighted by Gasteiger charge is 2.15. The molecule has 0 aliphatic carbocycles. The molecule has 96 valence electrons. The van der Waals surface area contributed by atoms with Gasteiger partial charge in [-0.1, -0.05) is 6.07 Å². The minimum Gasteiger partial charge on any atom is -0.258 e. The lowest BCUT2D eigenvalue weighted by atomic mass is 10.2. The van der Waals surface area contributed by atoms with E-state index in [9.17, 15) is 13.2 Å². The topological polar surface area (TPSA) is 41.6 Å². The number of aromatic nitrogens is 3. The average Bonchev–Trinajstić information content (AvgIpc) is 3.05. The van der Waals surface area contributed by atoms with Gasteiger partial charge in [0.1, 0.15) is 0 Å². The molecule has 0 radical (unpaired) electrons. The Bertz CT molecular complexity index is 699. The van der Waals surface area contributed by atoms with Gasteiger partial charge >= 0.3 is 0 Å². The van der Waals surface area contributed by atoms with Crippen molar-refractivity contribution in [2.24, 2.45) is 0 Å². The second kappa shape index (κ2) is 4.51. The molecule has 0 amide bonds. The van der Waals surface area contributed by atoms with Crippen LogP contribution in [-0.4, -0.2) is 15.2 Å². The molecule has 0 saturated heterocycles. The van der Waals surface area contributed by atoms with Crippen LogP contribution < -0.4 is 0 Å². The zero-order valence-corrected chi connectivity index (χ0v) is 10.1. The number of hydrogen-bond donors (Lipinski definition) is 1. The van der Waals surface area contributed by atoms with Crippen LogP contribution in [0, 0.1) is 17.5 Å². The Balaban J connectivity index is 2.04. The number of H-pyrrole nitrogens is 1. The van der Waals surface area contributed by atoms with Crippen molar-refractivity contribution in [1.82, 2.24) is 15.2 Å². The standard InChI is InChI=1S/C12H6F3N3S/c13-7-4-6(5-8(14)10(7)15)11-16-12(18-17-11)9-2-1-3-19-9/h1-5H,(H,16,17,18). The van der Waals surface area contributed by atoms with E-state index >= 15 is 0 Å². The largest absolute Gasteiger partial charge is 0.258 e. The van der Waals surface area contributed by atoms with E-state index in [2.05, 4.69) is 15.2 Å². The first-order chi connectivity index (χ1) is 9.15. The fraction of sp³-hybridized carbons (Fsp3) is 0. The van der Waals surface area contributed by atoms with E-state index in [0.29, 0.717) is 5.82 Å². The summed E-state index contributed by atoms with van der Waals surface area (Å²) in [7, 11) is 0. The van der Waals surface area contributed by atoms with Gasteiger partial charge in [-0.25, -0.2) is 18.2 Å². The van der Waals surface area contributed by atoms with E-state index in [1.54, 1.807) is 0 Å². The van der Waals surface area contributed by atoms with Crippen LogP contribution in [0.15, 0.2) is 29.6 Å². The van der Waals surface area contributed by atoms with Crippen molar-refractivity contribution in [3.8, 4) is 22.1 Å². The molecule has 1 aromatic carbocycles. The first-order valence-corrected chi connectivity index (χ1v) is 6.14. The van der Waals surface area contributed by atoms with Crippen LogP contribution in [0.25, 0.3) is 22.1 Å². The van der Waals surface area contributed by atoms with Crippen molar-refractivity contribution in [3.05, 3.63) is 47.1 Å². The van der Waals surface area contributed by atoms with Crippen molar-refractivity contribution < 1.29 is 13.2 Å². The van der Waals surface area contributed by atoms with Crippen LogP contribution >= 0.6 is 11.3 Å². The lowest BCUT2D eigenvalue weighted by molar-refractivity contribution is 0.447. The molecule has 0 fully saturated rings. The fourth-order valence-corrected chi connectivity index (χ4v) is 2.26. The lowest BCUT2D eigenvalue weighted by Gasteiger charge is -1.98. The highest BCUT2D eigenvalue weighted by Crippen LogP contribution is 2.25. The van der Waals surface area contributed by atoms with Crippen molar-refractivity contribution in [2.75, 3.05) is 0 Å². The molecule has 3 rings (SSSR count). The molecule has 1 N–H and O–H groups in total. The van der Waals surface area contributed by atoms with Crippen LogP contribution in [0.3, 0.4) is 0 Å². The van der Waals surface area contributed by atoms with Crippen molar-refractivity contribution in [1.29, 1.82) is 0 Å². The molecule has 3 aromatic rings. The summed E-state index contributed by atoms with van der Waals surface area (Å²) < 4.78 is 39.1. The van der Waals surface area contributed by atoms with Gasteiger partial charge in [0.2, 0.25) is 0 Å². The third kappa shape index (κ3) is 2.12. The summed E-state index contributed by atoms with van der Waals surface area (Å²) in [6.07, 6.45) is 0.